The summed E-state index contributed by atoms with van der Waals surface area (Å²) < 4.78 is 15.1. The summed E-state index contributed by atoms with van der Waals surface area (Å²) >= 11 is 6.22. The number of fused-ring (bicyclic) bond motifs is 1. The highest BCUT2D eigenvalue weighted by molar-refractivity contribution is 6.34. The predicted molar refractivity (Wildman–Crippen MR) is 135 cm³/mol. The fourth-order valence-corrected chi connectivity index (χ4v) is 6.20. The van der Waals surface area contributed by atoms with E-state index in [1.807, 2.05) is 12.3 Å². The van der Waals surface area contributed by atoms with Gasteiger partial charge in [0.25, 0.3) is 5.91 Å². The van der Waals surface area contributed by atoms with E-state index >= 15 is 0 Å². The third-order valence-corrected chi connectivity index (χ3v) is 8.32. The Morgan fingerprint density at radius 2 is 1.89 bits per heavy atom. The van der Waals surface area contributed by atoms with E-state index in [4.69, 9.17) is 16.6 Å². The number of aromatic nitrogens is 3. The molecule has 36 heavy (non-hydrogen) atoms. The molecular weight excluding hydrogens is 483 g/mol. The van der Waals surface area contributed by atoms with Crippen molar-refractivity contribution in [2.75, 3.05) is 29.4 Å². The lowest BCUT2D eigenvalue weighted by atomic mass is 9.71. The maximum absolute atomic E-state index is 13.5. The van der Waals surface area contributed by atoms with E-state index < -0.39 is 11.2 Å². The van der Waals surface area contributed by atoms with Crippen LogP contribution in [0.3, 0.4) is 0 Å². The Labute approximate surface area is 213 Å². The van der Waals surface area contributed by atoms with Crippen molar-refractivity contribution in [1.29, 1.82) is 0 Å². The number of anilines is 2. The molecule has 3 aliphatic rings. The molecule has 3 fully saturated rings. The number of nitrogens with zero attached hydrogens (tertiary/aromatic N) is 5. The third-order valence-electron chi connectivity index (χ3n) is 8.02. The van der Waals surface area contributed by atoms with Crippen LogP contribution in [-0.4, -0.2) is 52.1 Å². The quantitative estimate of drug-likeness (QED) is 0.568. The van der Waals surface area contributed by atoms with Gasteiger partial charge in [-0.05, 0) is 69.2 Å². The minimum absolute atomic E-state index is 0.0175. The lowest BCUT2D eigenvalue weighted by Gasteiger charge is -2.36. The molecule has 1 spiro atoms. The van der Waals surface area contributed by atoms with Gasteiger partial charge in [0.1, 0.15) is 17.2 Å². The first-order valence-corrected chi connectivity index (χ1v) is 13.0. The van der Waals surface area contributed by atoms with Crippen molar-refractivity contribution in [3.63, 3.8) is 0 Å². The largest absolute Gasteiger partial charge is 0.357 e. The zero-order valence-corrected chi connectivity index (χ0v) is 20.7. The SMILES string of the molecule is O=C(NC1CCC2(CC1)CCN(c1ccc(F)cc1Cl)C2=O)c1cnn2ccc(N3CCCC3)nc12. The Morgan fingerprint density at radius 1 is 1.11 bits per heavy atom. The van der Waals surface area contributed by atoms with Gasteiger partial charge in [-0.15, -0.1) is 0 Å². The average Bonchev–Trinajstić information content (AvgIpc) is 3.61. The number of halogens is 2. The maximum atomic E-state index is 13.5. The van der Waals surface area contributed by atoms with E-state index in [2.05, 4.69) is 15.3 Å². The first-order chi connectivity index (χ1) is 17.4. The van der Waals surface area contributed by atoms with Crippen LogP contribution in [0.1, 0.15) is 55.3 Å². The summed E-state index contributed by atoms with van der Waals surface area (Å²) in [5, 5.41) is 7.70. The summed E-state index contributed by atoms with van der Waals surface area (Å²) in [6, 6.07) is 6.06. The highest BCUT2D eigenvalue weighted by atomic mass is 35.5. The van der Waals surface area contributed by atoms with E-state index in [0.29, 0.717) is 49.1 Å². The number of rotatable bonds is 4. The predicted octanol–water partition coefficient (Wildman–Crippen LogP) is 4.22. The van der Waals surface area contributed by atoms with Crippen molar-refractivity contribution in [3.05, 3.63) is 53.1 Å². The van der Waals surface area contributed by atoms with Crippen LogP contribution < -0.4 is 15.1 Å². The molecule has 8 nitrogen and oxygen atoms in total. The second kappa shape index (κ2) is 9.03. The molecule has 188 valence electrons. The summed E-state index contributed by atoms with van der Waals surface area (Å²) in [6.45, 7) is 2.52. The zero-order chi connectivity index (χ0) is 24.9. The van der Waals surface area contributed by atoms with Crippen LogP contribution in [0, 0.1) is 11.2 Å². The number of carbonyl (C=O) groups excluding carboxylic acids is 2. The molecule has 0 radical (unpaired) electrons. The van der Waals surface area contributed by atoms with Gasteiger partial charge in [-0.3, -0.25) is 9.59 Å². The molecule has 4 heterocycles. The number of amides is 2. The van der Waals surface area contributed by atoms with Crippen LogP contribution in [0.25, 0.3) is 5.65 Å². The van der Waals surface area contributed by atoms with Crippen LogP contribution in [0.4, 0.5) is 15.9 Å². The van der Waals surface area contributed by atoms with Gasteiger partial charge < -0.3 is 15.1 Å². The number of hydrogen-bond donors (Lipinski definition) is 1. The average molecular weight is 511 g/mol. The van der Waals surface area contributed by atoms with Gasteiger partial charge in [0.05, 0.1) is 22.3 Å². The van der Waals surface area contributed by atoms with Crippen molar-refractivity contribution in [2.45, 2.75) is 51.0 Å². The molecule has 0 bridgehead atoms. The molecule has 2 aromatic heterocycles. The fraction of sp³-hybridized carbons (Fsp3) is 0.462. The monoisotopic (exact) mass is 510 g/mol. The van der Waals surface area contributed by atoms with Crippen LogP contribution in [0.15, 0.2) is 36.7 Å². The molecule has 0 unspecified atom stereocenters. The highest BCUT2D eigenvalue weighted by Gasteiger charge is 2.49. The van der Waals surface area contributed by atoms with Crippen molar-refractivity contribution < 1.29 is 14.0 Å². The molecule has 10 heteroatoms. The van der Waals surface area contributed by atoms with Gasteiger partial charge in [-0.25, -0.2) is 13.9 Å². The Hall–Kier alpha value is -3.20. The molecule has 2 aliphatic heterocycles. The lowest BCUT2D eigenvalue weighted by molar-refractivity contribution is -0.127. The van der Waals surface area contributed by atoms with Crippen molar-refractivity contribution in [1.82, 2.24) is 19.9 Å². The second-order valence-corrected chi connectivity index (χ2v) is 10.5. The maximum Gasteiger partial charge on any atom is 0.256 e. The van der Waals surface area contributed by atoms with Gasteiger partial charge in [0.2, 0.25) is 5.91 Å². The molecule has 2 amide bonds. The zero-order valence-electron chi connectivity index (χ0n) is 19.9. The Morgan fingerprint density at radius 3 is 2.64 bits per heavy atom. The Bertz CT molecular complexity index is 1330. The summed E-state index contributed by atoms with van der Waals surface area (Å²) in [5.41, 5.74) is 1.13. The molecule has 1 aromatic carbocycles. The minimum Gasteiger partial charge on any atom is -0.357 e. The second-order valence-electron chi connectivity index (χ2n) is 10.1. The van der Waals surface area contributed by atoms with Crippen molar-refractivity contribution >= 4 is 40.6 Å². The molecule has 2 saturated heterocycles. The minimum atomic E-state index is -0.449. The van der Waals surface area contributed by atoms with Crippen LogP contribution in [0.5, 0.6) is 0 Å². The molecular formula is C26H28ClFN6O2. The molecule has 1 saturated carbocycles. The van der Waals surface area contributed by atoms with E-state index in [1.165, 1.54) is 12.1 Å². The van der Waals surface area contributed by atoms with Crippen LogP contribution in [-0.2, 0) is 4.79 Å². The van der Waals surface area contributed by atoms with E-state index in [1.54, 1.807) is 21.7 Å². The summed E-state index contributed by atoms with van der Waals surface area (Å²) in [5.74, 6) is 0.311. The standard InChI is InChI=1S/C26H28ClFN6O2/c27-20-15-17(28)3-4-21(20)33-14-10-26(25(33)36)8-5-18(6-9-26)30-24(35)19-16-29-34-13-7-22(31-23(19)34)32-11-1-2-12-32/h3-4,7,13,15-16,18H,1-2,5-6,8-12,14H2,(H,30,35). The van der Waals surface area contributed by atoms with Crippen LogP contribution >= 0.6 is 11.6 Å². The first-order valence-electron chi connectivity index (χ1n) is 12.6. The Balaban J connectivity index is 1.12. The first kappa shape index (κ1) is 23.2. The van der Waals surface area contributed by atoms with Gasteiger partial charge in [-0.2, -0.15) is 5.10 Å². The van der Waals surface area contributed by atoms with E-state index in [0.717, 1.165) is 38.2 Å². The number of hydrogen-bond acceptors (Lipinski definition) is 5. The smallest absolute Gasteiger partial charge is 0.256 e. The van der Waals surface area contributed by atoms with E-state index in [9.17, 15) is 14.0 Å². The fourth-order valence-electron chi connectivity index (χ4n) is 5.93. The van der Waals surface area contributed by atoms with Gasteiger partial charge in [0.15, 0.2) is 5.65 Å². The Kier molecular flexibility index (Phi) is 5.82. The van der Waals surface area contributed by atoms with Crippen molar-refractivity contribution in [3.8, 4) is 0 Å². The van der Waals surface area contributed by atoms with Crippen molar-refractivity contribution in [2.24, 2.45) is 5.41 Å². The number of benzene rings is 1. The van der Waals surface area contributed by atoms with Gasteiger partial charge >= 0.3 is 0 Å². The lowest BCUT2D eigenvalue weighted by Crippen LogP contribution is -2.44. The van der Waals surface area contributed by atoms with E-state index in [-0.39, 0.29) is 22.9 Å². The normalized spacial score (nSPS) is 24.3. The topological polar surface area (TPSA) is 82.8 Å². The van der Waals surface area contributed by atoms with Gasteiger partial charge in [-0.1, -0.05) is 11.6 Å². The van der Waals surface area contributed by atoms with Crippen LogP contribution in [0.2, 0.25) is 5.02 Å². The van der Waals surface area contributed by atoms with Gasteiger partial charge in [0, 0.05) is 31.9 Å². The summed E-state index contributed by atoms with van der Waals surface area (Å²) in [7, 11) is 0. The molecule has 0 atom stereocenters. The molecule has 3 aromatic rings. The number of carbonyl (C=O) groups is 2. The molecule has 1 aliphatic carbocycles. The third kappa shape index (κ3) is 3.99. The molecule has 6 rings (SSSR count). The number of nitrogens with one attached hydrogen (secondary N) is 1. The molecule has 1 N–H and O–H groups in total. The summed E-state index contributed by atoms with van der Waals surface area (Å²) in [4.78, 5) is 35.2. The summed E-state index contributed by atoms with van der Waals surface area (Å²) in [6.07, 6.45) is 9.28. The highest BCUT2D eigenvalue weighted by Crippen LogP contribution is 2.47.